The van der Waals surface area contributed by atoms with Crippen molar-refractivity contribution < 1.29 is 14.3 Å². The largest absolute Gasteiger partial charge is 0.467 e. The molecule has 0 aromatic heterocycles. The predicted molar refractivity (Wildman–Crippen MR) is 69.8 cm³/mol. The number of hydrogen-bond acceptors (Lipinski definition) is 5. The van der Waals surface area contributed by atoms with Crippen molar-refractivity contribution in [1.29, 1.82) is 0 Å². The van der Waals surface area contributed by atoms with Crippen molar-refractivity contribution in [3.63, 3.8) is 0 Å². The second-order valence-electron chi connectivity index (χ2n) is 3.76. The van der Waals surface area contributed by atoms with Gasteiger partial charge in [0.15, 0.2) is 0 Å². The highest BCUT2D eigenvalue weighted by Gasteiger charge is 2.23. The molecule has 5 nitrogen and oxygen atoms in total. The molecule has 0 fully saturated rings. The van der Waals surface area contributed by atoms with Crippen molar-refractivity contribution in [2.24, 2.45) is 5.73 Å². The molecule has 0 aromatic carbocycles. The van der Waals surface area contributed by atoms with Crippen LogP contribution in [0.3, 0.4) is 0 Å². The van der Waals surface area contributed by atoms with Crippen LogP contribution in [0.15, 0.2) is 0 Å². The second-order valence-corrected chi connectivity index (χ2v) is 4.75. The Bertz CT molecular complexity index is 249. The molecular weight excluding hydrogens is 240 g/mol. The van der Waals surface area contributed by atoms with E-state index in [2.05, 4.69) is 10.1 Å². The number of nitrogens with one attached hydrogen (secondary N) is 1. The van der Waals surface area contributed by atoms with Gasteiger partial charge in [-0.15, -0.1) is 0 Å². The summed E-state index contributed by atoms with van der Waals surface area (Å²) >= 11 is 1.61. The van der Waals surface area contributed by atoms with Gasteiger partial charge in [-0.2, -0.15) is 11.8 Å². The molecule has 0 bridgehead atoms. The van der Waals surface area contributed by atoms with Crippen LogP contribution in [0, 0.1) is 0 Å². The lowest BCUT2D eigenvalue weighted by Gasteiger charge is -2.18. The van der Waals surface area contributed by atoms with Gasteiger partial charge in [-0.3, -0.25) is 4.79 Å². The lowest BCUT2D eigenvalue weighted by atomic mass is 10.1. The number of methoxy groups -OCH3 is 1. The van der Waals surface area contributed by atoms with E-state index in [1.165, 1.54) is 7.11 Å². The first-order valence-electron chi connectivity index (χ1n) is 5.69. The molecule has 0 saturated carbocycles. The van der Waals surface area contributed by atoms with Crippen molar-refractivity contribution in [2.45, 2.75) is 38.3 Å². The maximum atomic E-state index is 11.7. The van der Waals surface area contributed by atoms with Crippen LogP contribution in [0.4, 0.5) is 0 Å². The van der Waals surface area contributed by atoms with Crippen LogP contribution in [0.25, 0.3) is 0 Å². The van der Waals surface area contributed by atoms with Gasteiger partial charge in [-0.25, -0.2) is 4.79 Å². The molecule has 0 saturated heterocycles. The Labute approximate surface area is 107 Å². The van der Waals surface area contributed by atoms with E-state index in [0.717, 1.165) is 12.2 Å². The van der Waals surface area contributed by atoms with E-state index in [4.69, 9.17) is 5.73 Å². The van der Waals surface area contributed by atoms with Gasteiger partial charge in [0.2, 0.25) is 5.91 Å². The lowest BCUT2D eigenvalue weighted by molar-refractivity contribution is -0.145. The molecule has 2 atom stereocenters. The van der Waals surface area contributed by atoms with E-state index >= 15 is 0 Å². The first-order valence-corrected chi connectivity index (χ1v) is 7.08. The number of amides is 1. The minimum Gasteiger partial charge on any atom is -0.467 e. The summed E-state index contributed by atoms with van der Waals surface area (Å²) in [6.45, 7) is 1.96. The normalized spacial score (nSPS) is 13.9. The molecule has 0 aromatic rings. The van der Waals surface area contributed by atoms with Crippen molar-refractivity contribution in [1.82, 2.24) is 5.32 Å². The zero-order chi connectivity index (χ0) is 13.3. The van der Waals surface area contributed by atoms with Gasteiger partial charge in [0.1, 0.15) is 6.04 Å². The van der Waals surface area contributed by atoms with Gasteiger partial charge in [0.25, 0.3) is 0 Å². The zero-order valence-electron chi connectivity index (χ0n) is 10.7. The number of hydrogen-bond donors (Lipinski definition) is 2. The third kappa shape index (κ3) is 6.53. The van der Waals surface area contributed by atoms with Crippen LogP contribution in [-0.4, -0.2) is 43.1 Å². The van der Waals surface area contributed by atoms with Gasteiger partial charge in [-0.05, 0) is 24.9 Å². The molecule has 0 radical (unpaired) electrons. The highest BCUT2D eigenvalue weighted by molar-refractivity contribution is 7.98. The van der Waals surface area contributed by atoms with E-state index in [-0.39, 0.29) is 5.91 Å². The molecule has 0 aliphatic rings. The number of rotatable bonds is 8. The van der Waals surface area contributed by atoms with Crippen LogP contribution >= 0.6 is 11.8 Å². The predicted octanol–water partition coefficient (Wildman–Crippen LogP) is 0.525. The molecule has 0 rings (SSSR count). The fourth-order valence-electron chi connectivity index (χ4n) is 1.35. The van der Waals surface area contributed by atoms with E-state index in [9.17, 15) is 9.59 Å². The van der Waals surface area contributed by atoms with Crippen LogP contribution in [-0.2, 0) is 14.3 Å². The number of carbonyl (C=O) groups excluding carboxylic acids is 2. The summed E-state index contributed by atoms with van der Waals surface area (Å²) in [5, 5.41) is 2.64. The van der Waals surface area contributed by atoms with Crippen molar-refractivity contribution in [3.8, 4) is 0 Å². The van der Waals surface area contributed by atoms with Crippen LogP contribution in [0.1, 0.15) is 26.2 Å². The molecule has 3 N–H and O–H groups in total. The van der Waals surface area contributed by atoms with Crippen molar-refractivity contribution in [3.05, 3.63) is 0 Å². The maximum absolute atomic E-state index is 11.7. The summed E-state index contributed by atoms with van der Waals surface area (Å²) in [7, 11) is 1.31. The van der Waals surface area contributed by atoms with E-state index in [1.54, 1.807) is 11.8 Å². The summed E-state index contributed by atoms with van der Waals surface area (Å²) < 4.78 is 4.65. The van der Waals surface area contributed by atoms with Crippen molar-refractivity contribution in [2.75, 3.05) is 19.1 Å². The van der Waals surface area contributed by atoms with Gasteiger partial charge >= 0.3 is 5.97 Å². The third-order valence-electron chi connectivity index (χ3n) is 2.35. The van der Waals surface area contributed by atoms with E-state index in [1.807, 2.05) is 13.2 Å². The van der Waals surface area contributed by atoms with E-state index in [0.29, 0.717) is 12.8 Å². The Hall–Kier alpha value is -0.750. The minimum atomic E-state index is -0.595. The quantitative estimate of drug-likeness (QED) is 0.623. The Morgan fingerprint density at radius 3 is 2.53 bits per heavy atom. The number of esters is 1. The smallest absolute Gasteiger partial charge is 0.328 e. The molecule has 6 heteroatoms. The summed E-state index contributed by atoms with van der Waals surface area (Å²) in [5.74, 6) is 0.0720. The topological polar surface area (TPSA) is 81.4 Å². The average Bonchev–Trinajstić information content (AvgIpc) is 2.33. The van der Waals surface area contributed by atoms with Gasteiger partial charge < -0.3 is 15.8 Å². The summed E-state index contributed by atoms with van der Waals surface area (Å²) in [5.41, 5.74) is 5.68. The van der Waals surface area contributed by atoms with Gasteiger partial charge in [0, 0.05) is 0 Å². The third-order valence-corrected chi connectivity index (χ3v) is 2.99. The zero-order valence-corrected chi connectivity index (χ0v) is 11.5. The molecule has 0 aliphatic heterocycles. The highest BCUT2D eigenvalue weighted by Crippen LogP contribution is 2.03. The number of nitrogens with two attached hydrogens (primary N) is 1. The maximum Gasteiger partial charge on any atom is 0.328 e. The fourth-order valence-corrected chi connectivity index (χ4v) is 1.82. The van der Waals surface area contributed by atoms with Gasteiger partial charge in [-0.1, -0.05) is 13.3 Å². The monoisotopic (exact) mass is 262 g/mol. The summed E-state index contributed by atoms with van der Waals surface area (Å²) in [6, 6.07) is -1.15. The molecule has 0 spiro atoms. The van der Waals surface area contributed by atoms with Gasteiger partial charge in [0.05, 0.1) is 13.2 Å². The lowest BCUT2D eigenvalue weighted by Crippen LogP contribution is -2.48. The first-order chi connectivity index (χ1) is 8.06. The Morgan fingerprint density at radius 2 is 2.06 bits per heavy atom. The minimum absolute atomic E-state index is 0.289. The average molecular weight is 262 g/mol. The van der Waals surface area contributed by atoms with Crippen LogP contribution in [0.2, 0.25) is 0 Å². The molecule has 0 unspecified atom stereocenters. The molecule has 0 heterocycles. The standard InChI is InChI=1S/C11H22N2O3S/c1-4-5-8(12)10(14)13-9(6-7-17-3)11(15)16-2/h8-9H,4-7,12H2,1-3H3,(H,13,14)/t8-,9+/m0/s1. The Kier molecular flexibility index (Phi) is 8.89. The van der Waals surface area contributed by atoms with Crippen molar-refractivity contribution >= 4 is 23.6 Å². The number of ether oxygens (including phenoxy) is 1. The number of carbonyl (C=O) groups is 2. The molecule has 0 aliphatic carbocycles. The molecular formula is C11H22N2O3S. The molecule has 17 heavy (non-hydrogen) atoms. The SMILES string of the molecule is CCC[C@H](N)C(=O)N[C@H](CCSC)C(=O)OC. The first kappa shape index (κ1) is 16.2. The number of thioether (sulfide) groups is 1. The highest BCUT2D eigenvalue weighted by atomic mass is 32.2. The Balaban J connectivity index is 4.31. The summed E-state index contributed by atoms with van der Waals surface area (Å²) in [4.78, 5) is 23.1. The second kappa shape index (κ2) is 9.30. The Morgan fingerprint density at radius 1 is 1.41 bits per heavy atom. The molecule has 100 valence electrons. The molecule has 1 amide bonds. The van der Waals surface area contributed by atoms with Crippen LogP contribution < -0.4 is 11.1 Å². The van der Waals surface area contributed by atoms with E-state index < -0.39 is 18.1 Å². The van der Waals surface area contributed by atoms with Crippen LogP contribution in [0.5, 0.6) is 0 Å². The fraction of sp³-hybridized carbons (Fsp3) is 0.818. The summed E-state index contributed by atoms with van der Waals surface area (Å²) in [6.07, 6.45) is 3.95.